The van der Waals surface area contributed by atoms with Gasteiger partial charge in [0.25, 0.3) is 5.92 Å². The van der Waals surface area contributed by atoms with E-state index in [4.69, 9.17) is 11.6 Å². The Morgan fingerprint density at radius 3 is 2.68 bits per heavy atom. The normalized spacial score (nSPS) is 18.3. The molecule has 0 spiro atoms. The van der Waals surface area contributed by atoms with Crippen LogP contribution in [0, 0.1) is 5.92 Å². The third-order valence-corrected chi connectivity index (χ3v) is 7.97. The Labute approximate surface area is 206 Å². The van der Waals surface area contributed by atoms with Gasteiger partial charge in [-0.3, -0.25) is 9.48 Å². The van der Waals surface area contributed by atoms with Crippen molar-refractivity contribution in [3.63, 3.8) is 0 Å². The number of thiophene rings is 1. The number of benzene rings is 1. The molecule has 0 radical (unpaired) electrons. The summed E-state index contributed by atoms with van der Waals surface area (Å²) >= 11 is 7.82. The van der Waals surface area contributed by atoms with Crippen LogP contribution >= 0.6 is 22.9 Å². The second-order valence-electron chi connectivity index (χ2n) is 9.35. The number of nitrogens with zero attached hydrogens (tertiary/aromatic N) is 3. The smallest absolute Gasteiger partial charge is 0.294 e. The summed E-state index contributed by atoms with van der Waals surface area (Å²) in [6.45, 7) is 8.39. The summed E-state index contributed by atoms with van der Waals surface area (Å²) < 4.78 is 33.1. The van der Waals surface area contributed by atoms with E-state index in [-0.39, 0.29) is 23.6 Å². The van der Waals surface area contributed by atoms with Crippen molar-refractivity contribution >= 4 is 28.8 Å². The molecule has 3 aromatic rings. The summed E-state index contributed by atoms with van der Waals surface area (Å²) in [6.07, 6.45) is 4.08. The van der Waals surface area contributed by atoms with Gasteiger partial charge in [-0.2, -0.15) is 13.9 Å². The number of amides is 1. The van der Waals surface area contributed by atoms with E-state index in [0.29, 0.717) is 35.8 Å². The van der Waals surface area contributed by atoms with Crippen molar-refractivity contribution in [3.8, 4) is 11.1 Å². The fourth-order valence-electron chi connectivity index (χ4n) is 4.73. The molecule has 0 saturated heterocycles. The molecule has 178 valence electrons. The summed E-state index contributed by atoms with van der Waals surface area (Å²) in [6, 6.07) is 9.51. The molecule has 1 amide bonds. The third-order valence-electron chi connectivity index (χ3n) is 6.70. The molecule has 1 unspecified atom stereocenters. The molecule has 0 N–H and O–H groups in total. The summed E-state index contributed by atoms with van der Waals surface area (Å²) in [5, 5.41) is 4.38. The highest BCUT2D eigenvalue weighted by molar-refractivity contribution is 7.16. The molecule has 4 nitrogen and oxygen atoms in total. The van der Waals surface area contributed by atoms with E-state index in [1.165, 1.54) is 17.4 Å². The van der Waals surface area contributed by atoms with Crippen molar-refractivity contribution in [3.05, 3.63) is 75.2 Å². The number of carbonyl (C=O) groups excluding carboxylic acids is 1. The summed E-state index contributed by atoms with van der Waals surface area (Å²) in [5.41, 5.74) is 2.94. The topological polar surface area (TPSA) is 38.1 Å². The van der Waals surface area contributed by atoms with Crippen LogP contribution in [-0.4, -0.2) is 27.1 Å². The number of alkyl halides is 2. The van der Waals surface area contributed by atoms with Crippen LogP contribution in [0.4, 0.5) is 8.78 Å². The molecular formula is C26H26ClF2N3OS. The lowest BCUT2D eigenvalue weighted by Crippen LogP contribution is -2.37. The van der Waals surface area contributed by atoms with Gasteiger partial charge in [-0.15, -0.1) is 11.3 Å². The molecule has 1 aliphatic carbocycles. The zero-order chi connectivity index (χ0) is 24.2. The van der Waals surface area contributed by atoms with E-state index in [1.54, 1.807) is 15.8 Å². The van der Waals surface area contributed by atoms with Gasteiger partial charge in [0, 0.05) is 41.1 Å². The number of hydrogen-bond donors (Lipinski definition) is 0. The maximum absolute atomic E-state index is 15.4. The van der Waals surface area contributed by atoms with Crippen LogP contribution < -0.4 is 0 Å². The number of hydrogen-bond acceptors (Lipinski definition) is 3. The molecule has 5 rings (SSSR count). The van der Waals surface area contributed by atoms with Crippen molar-refractivity contribution in [2.75, 3.05) is 6.54 Å². The Balaban J connectivity index is 1.67. The van der Waals surface area contributed by atoms with Gasteiger partial charge in [0.05, 0.1) is 10.9 Å². The number of rotatable bonds is 6. The first-order valence-electron chi connectivity index (χ1n) is 11.5. The molecule has 1 fully saturated rings. The van der Waals surface area contributed by atoms with E-state index in [0.717, 1.165) is 21.6 Å². The van der Waals surface area contributed by atoms with Crippen molar-refractivity contribution in [1.82, 2.24) is 14.7 Å². The minimum absolute atomic E-state index is 0.0488. The van der Waals surface area contributed by atoms with E-state index >= 15 is 8.78 Å². The Morgan fingerprint density at radius 1 is 1.26 bits per heavy atom. The van der Waals surface area contributed by atoms with Crippen LogP contribution in [-0.2, 0) is 17.3 Å². The van der Waals surface area contributed by atoms with Gasteiger partial charge < -0.3 is 4.90 Å². The standard InChI is InChI=1S/C26H26ClF2N3OS/c1-4-24(33)31-12-20(19-11-23(27)34-22(19)14-31)17-7-5-6-8-18(17)21-13-32(15(2)3)30-25(21)26(28,29)16-9-10-16/h4-8,11,13,15-16,20H,1,9-10,12,14H2,2-3H3. The fraction of sp³-hybridized carbons (Fsp3) is 0.385. The maximum atomic E-state index is 15.4. The summed E-state index contributed by atoms with van der Waals surface area (Å²) in [4.78, 5) is 15.3. The van der Waals surface area contributed by atoms with Crippen LogP contribution in [0.1, 0.15) is 60.3 Å². The van der Waals surface area contributed by atoms with Gasteiger partial charge in [-0.25, -0.2) is 0 Å². The zero-order valence-electron chi connectivity index (χ0n) is 19.1. The van der Waals surface area contributed by atoms with Crippen molar-refractivity contribution in [2.24, 2.45) is 5.92 Å². The average molecular weight is 502 g/mol. The van der Waals surface area contributed by atoms with Crippen molar-refractivity contribution < 1.29 is 13.6 Å². The molecule has 2 aliphatic rings. The molecule has 1 aromatic carbocycles. The molecule has 1 saturated carbocycles. The molecule has 0 bridgehead atoms. The van der Waals surface area contributed by atoms with Crippen LogP contribution in [0.15, 0.2) is 49.2 Å². The fourth-order valence-corrected chi connectivity index (χ4v) is 6.09. The largest absolute Gasteiger partial charge is 0.333 e. The predicted molar refractivity (Wildman–Crippen MR) is 131 cm³/mol. The van der Waals surface area contributed by atoms with E-state index in [2.05, 4.69) is 11.7 Å². The van der Waals surface area contributed by atoms with Crippen LogP contribution in [0.3, 0.4) is 0 Å². The van der Waals surface area contributed by atoms with Crippen molar-refractivity contribution in [1.29, 1.82) is 0 Å². The van der Waals surface area contributed by atoms with Crippen LogP contribution in [0.5, 0.6) is 0 Å². The van der Waals surface area contributed by atoms with Gasteiger partial charge in [0.1, 0.15) is 5.69 Å². The Kier molecular flexibility index (Phi) is 5.89. The lowest BCUT2D eigenvalue weighted by Gasteiger charge is -2.33. The first-order valence-corrected chi connectivity index (χ1v) is 12.7. The number of aromatic nitrogens is 2. The van der Waals surface area contributed by atoms with E-state index in [1.807, 2.05) is 44.2 Å². The molecule has 34 heavy (non-hydrogen) atoms. The number of carbonyl (C=O) groups is 1. The first-order chi connectivity index (χ1) is 16.2. The second-order valence-corrected chi connectivity index (χ2v) is 11.1. The molecular weight excluding hydrogens is 476 g/mol. The van der Waals surface area contributed by atoms with Crippen LogP contribution in [0.2, 0.25) is 4.34 Å². The zero-order valence-corrected chi connectivity index (χ0v) is 20.7. The number of fused-ring (bicyclic) bond motifs is 1. The van der Waals surface area contributed by atoms with Gasteiger partial charge in [0.2, 0.25) is 5.91 Å². The Hall–Kier alpha value is -2.51. The van der Waals surface area contributed by atoms with Gasteiger partial charge >= 0.3 is 0 Å². The minimum Gasteiger partial charge on any atom is -0.333 e. The maximum Gasteiger partial charge on any atom is 0.294 e. The highest BCUT2D eigenvalue weighted by Gasteiger charge is 2.51. The van der Waals surface area contributed by atoms with Crippen LogP contribution in [0.25, 0.3) is 11.1 Å². The van der Waals surface area contributed by atoms with Gasteiger partial charge in [0.15, 0.2) is 0 Å². The quantitative estimate of drug-likeness (QED) is 0.341. The van der Waals surface area contributed by atoms with Crippen molar-refractivity contribution in [2.45, 2.75) is 51.1 Å². The van der Waals surface area contributed by atoms with Gasteiger partial charge in [-0.1, -0.05) is 42.4 Å². The van der Waals surface area contributed by atoms with E-state index in [9.17, 15) is 4.79 Å². The highest BCUT2D eigenvalue weighted by Crippen LogP contribution is 2.52. The number of halogens is 3. The SMILES string of the molecule is C=CC(=O)N1Cc2sc(Cl)cc2C(c2ccccc2-c2cn(C(C)C)nc2C(F)(F)C2CC2)C1. The lowest BCUT2D eigenvalue weighted by molar-refractivity contribution is -0.127. The Bertz CT molecular complexity index is 1260. The first kappa shape index (κ1) is 23.2. The molecule has 8 heteroatoms. The minimum atomic E-state index is -2.99. The summed E-state index contributed by atoms with van der Waals surface area (Å²) in [5.74, 6) is -4.01. The van der Waals surface area contributed by atoms with E-state index < -0.39 is 11.8 Å². The molecule has 2 aromatic heterocycles. The average Bonchev–Trinajstić information content (AvgIpc) is 3.47. The lowest BCUT2D eigenvalue weighted by atomic mass is 9.83. The van der Waals surface area contributed by atoms with Gasteiger partial charge in [-0.05, 0) is 55.5 Å². The molecule has 3 heterocycles. The predicted octanol–water partition coefficient (Wildman–Crippen LogP) is 7.01. The summed E-state index contributed by atoms with van der Waals surface area (Å²) in [7, 11) is 0. The molecule has 1 atom stereocenters. The monoisotopic (exact) mass is 501 g/mol. The third kappa shape index (κ3) is 3.99. The Morgan fingerprint density at radius 2 is 2.00 bits per heavy atom. The second kappa shape index (κ2) is 8.61. The highest BCUT2D eigenvalue weighted by atomic mass is 35.5. The molecule has 1 aliphatic heterocycles.